The minimum Gasteiger partial charge on any atom is -0.318 e. The lowest BCUT2D eigenvalue weighted by Gasteiger charge is -2.28. The lowest BCUT2D eigenvalue weighted by Crippen LogP contribution is -2.34. The van der Waals surface area contributed by atoms with E-state index in [0.717, 1.165) is 11.1 Å². The first-order chi connectivity index (χ1) is 8.82. The van der Waals surface area contributed by atoms with E-state index in [1.165, 1.54) is 11.1 Å². The Labute approximate surface area is 124 Å². The molecule has 2 aromatic rings. The van der Waals surface area contributed by atoms with Crippen LogP contribution in [-0.4, -0.2) is 0 Å². The standard InChI is InChI=1S/C16H17Cl2N/c1-10-4-5-12(8-11(10)2)16(3,19)14-9-13(17)6-7-15(14)18/h4-9H,19H2,1-3H3. The summed E-state index contributed by atoms with van der Waals surface area (Å²) in [6, 6.07) is 11.6. The van der Waals surface area contributed by atoms with E-state index >= 15 is 0 Å². The quantitative estimate of drug-likeness (QED) is 0.843. The first-order valence-corrected chi connectivity index (χ1v) is 6.90. The second-order valence-electron chi connectivity index (χ2n) is 5.13. The number of benzene rings is 2. The Balaban J connectivity index is 2.57. The van der Waals surface area contributed by atoms with E-state index in [1.807, 2.05) is 19.1 Å². The predicted octanol–water partition coefficient (Wildman–Crippen LogP) is 4.83. The van der Waals surface area contributed by atoms with E-state index in [2.05, 4.69) is 26.0 Å². The second kappa shape index (κ2) is 5.16. The second-order valence-corrected chi connectivity index (χ2v) is 5.97. The molecular weight excluding hydrogens is 277 g/mol. The van der Waals surface area contributed by atoms with Crippen LogP contribution in [0, 0.1) is 13.8 Å². The van der Waals surface area contributed by atoms with Gasteiger partial charge in [0.2, 0.25) is 0 Å². The Morgan fingerprint density at radius 2 is 1.63 bits per heavy atom. The van der Waals surface area contributed by atoms with Crippen molar-refractivity contribution in [3.05, 3.63) is 68.7 Å². The van der Waals surface area contributed by atoms with Crippen LogP contribution in [0.1, 0.15) is 29.2 Å². The maximum Gasteiger partial charge on any atom is 0.0652 e. The van der Waals surface area contributed by atoms with Crippen LogP contribution in [0.2, 0.25) is 10.0 Å². The van der Waals surface area contributed by atoms with Crippen molar-refractivity contribution in [2.24, 2.45) is 5.73 Å². The molecule has 2 aromatic carbocycles. The van der Waals surface area contributed by atoms with Crippen LogP contribution < -0.4 is 5.73 Å². The molecule has 100 valence electrons. The maximum atomic E-state index is 6.50. The number of rotatable bonds is 2. The highest BCUT2D eigenvalue weighted by Gasteiger charge is 2.26. The molecule has 0 amide bonds. The third kappa shape index (κ3) is 2.79. The Kier molecular flexibility index (Phi) is 3.91. The van der Waals surface area contributed by atoms with Gasteiger partial charge < -0.3 is 5.73 Å². The number of halogens is 2. The van der Waals surface area contributed by atoms with Crippen LogP contribution in [0.4, 0.5) is 0 Å². The van der Waals surface area contributed by atoms with Crippen LogP contribution in [0.5, 0.6) is 0 Å². The molecule has 0 bridgehead atoms. The Morgan fingerprint density at radius 1 is 0.947 bits per heavy atom. The molecule has 0 aliphatic heterocycles. The average Bonchev–Trinajstić information content (AvgIpc) is 2.35. The summed E-state index contributed by atoms with van der Waals surface area (Å²) in [5.41, 5.74) is 10.2. The summed E-state index contributed by atoms with van der Waals surface area (Å²) in [5, 5.41) is 1.27. The third-order valence-electron chi connectivity index (χ3n) is 3.59. The van der Waals surface area contributed by atoms with E-state index < -0.39 is 5.54 Å². The van der Waals surface area contributed by atoms with Gasteiger partial charge in [-0.25, -0.2) is 0 Å². The first-order valence-electron chi connectivity index (χ1n) is 6.14. The summed E-state index contributed by atoms with van der Waals surface area (Å²) < 4.78 is 0. The molecule has 0 saturated carbocycles. The van der Waals surface area contributed by atoms with Gasteiger partial charge in [-0.3, -0.25) is 0 Å². The SMILES string of the molecule is Cc1ccc(C(C)(N)c2cc(Cl)ccc2Cl)cc1C. The van der Waals surface area contributed by atoms with Crippen molar-refractivity contribution in [3.63, 3.8) is 0 Å². The molecule has 0 aromatic heterocycles. The Bertz CT molecular complexity index is 618. The van der Waals surface area contributed by atoms with Crippen LogP contribution in [0.25, 0.3) is 0 Å². The van der Waals surface area contributed by atoms with Gasteiger partial charge in [0.25, 0.3) is 0 Å². The van der Waals surface area contributed by atoms with Gasteiger partial charge in [-0.1, -0.05) is 41.4 Å². The van der Waals surface area contributed by atoms with Crippen molar-refractivity contribution in [1.82, 2.24) is 0 Å². The van der Waals surface area contributed by atoms with Crippen molar-refractivity contribution < 1.29 is 0 Å². The molecule has 1 unspecified atom stereocenters. The number of hydrogen-bond donors (Lipinski definition) is 1. The van der Waals surface area contributed by atoms with E-state index in [-0.39, 0.29) is 0 Å². The van der Waals surface area contributed by atoms with E-state index in [0.29, 0.717) is 10.0 Å². The van der Waals surface area contributed by atoms with E-state index in [1.54, 1.807) is 12.1 Å². The van der Waals surface area contributed by atoms with Crippen LogP contribution in [-0.2, 0) is 5.54 Å². The van der Waals surface area contributed by atoms with Gasteiger partial charge in [-0.05, 0) is 61.2 Å². The lowest BCUT2D eigenvalue weighted by atomic mass is 9.84. The zero-order chi connectivity index (χ0) is 14.2. The van der Waals surface area contributed by atoms with Gasteiger partial charge in [0, 0.05) is 10.0 Å². The Hall–Kier alpha value is -1.02. The van der Waals surface area contributed by atoms with Gasteiger partial charge in [0.15, 0.2) is 0 Å². The minimum absolute atomic E-state index is 0.632. The van der Waals surface area contributed by atoms with Crippen LogP contribution >= 0.6 is 23.2 Å². The summed E-state index contributed by atoms with van der Waals surface area (Å²) in [4.78, 5) is 0. The van der Waals surface area contributed by atoms with E-state index in [9.17, 15) is 0 Å². The van der Waals surface area contributed by atoms with Gasteiger partial charge >= 0.3 is 0 Å². The van der Waals surface area contributed by atoms with Crippen molar-refractivity contribution in [2.45, 2.75) is 26.3 Å². The molecule has 0 fully saturated rings. The van der Waals surface area contributed by atoms with Crippen molar-refractivity contribution >= 4 is 23.2 Å². The minimum atomic E-state index is -0.666. The zero-order valence-corrected chi connectivity index (χ0v) is 12.8. The lowest BCUT2D eigenvalue weighted by molar-refractivity contribution is 0.602. The van der Waals surface area contributed by atoms with Gasteiger partial charge in [-0.15, -0.1) is 0 Å². The summed E-state index contributed by atoms with van der Waals surface area (Å²) in [6.45, 7) is 6.11. The predicted molar refractivity (Wildman–Crippen MR) is 83.0 cm³/mol. The molecule has 2 N–H and O–H groups in total. The monoisotopic (exact) mass is 293 g/mol. The smallest absolute Gasteiger partial charge is 0.0652 e. The van der Waals surface area contributed by atoms with Crippen LogP contribution in [0.3, 0.4) is 0 Å². The fourth-order valence-electron chi connectivity index (χ4n) is 2.12. The topological polar surface area (TPSA) is 26.0 Å². The molecule has 19 heavy (non-hydrogen) atoms. The molecule has 0 spiro atoms. The van der Waals surface area contributed by atoms with Crippen LogP contribution in [0.15, 0.2) is 36.4 Å². The summed E-state index contributed by atoms with van der Waals surface area (Å²) >= 11 is 12.3. The highest BCUT2D eigenvalue weighted by atomic mass is 35.5. The molecule has 1 nitrogen and oxygen atoms in total. The van der Waals surface area contributed by atoms with Crippen molar-refractivity contribution in [2.75, 3.05) is 0 Å². The third-order valence-corrected chi connectivity index (χ3v) is 4.16. The number of aryl methyl sites for hydroxylation is 2. The van der Waals surface area contributed by atoms with Gasteiger partial charge in [0.05, 0.1) is 5.54 Å². The maximum absolute atomic E-state index is 6.50. The molecule has 0 aliphatic carbocycles. The fourth-order valence-corrected chi connectivity index (χ4v) is 2.60. The largest absolute Gasteiger partial charge is 0.318 e. The Morgan fingerprint density at radius 3 is 2.26 bits per heavy atom. The first kappa shape index (κ1) is 14.4. The van der Waals surface area contributed by atoms with Gasteiger partial charge in [-0.2, -0.15) is 0 Å². The molecule has 0 saturated heterocycles. The fraction of sp³-hybridized carbons (Fsp3) is 0.250. The molecule has 2 rings (SSSR count). The number of hydrogen-bond acceptors (Lipinski definition) is 1. The number of nitrogens with two attached hydrogens (primary N) is 1. The summed E-state index contributed by atoms with van der Waals surface area (Å²) in [5.74, 6) is 0. The molecule has 0 aliphatic rings. The van der Waals surface area contributed by atoms with Crippen molar-refractivity contribution in [1.29, 1.82) is 0 Å². The average molecular weight is 294 g/mol. The highest BCUT2D eigenvalue weighted by molar-refractivity contribution is 6.33. The summed E-state index contributed by atoms with van der Waals surface area (Å²) in [6.07, 6.45) is 0. The highest BCUT2D eigenvalue weighted by Crippen LogP contribution is 2.34. The normalized spacial score (nSPS) is 14.2. The molecule has 0 radical (unpaired) electrons. The van der Waals surface area contributed by atoms with Crippen molar-refractivity contribution in [3.8, 4) is 0 Å². The molecule has 0 heterocycles. The van der Waals surface area contributed by atoms with E-state index in [4.69, 9.17) is 28.9 Å². The molecular formula is C16H17Cl2N. The zero-order valence-electron chi connectivity index (χ0n) is 11.3. The molecule has 1 atom stereocenters. The summed E-state index contributed by atoms with van der Waals surface area (Å²) in [7, 11) is 0. The molecule has 3 heteroatoms. The van der Waals surface area contributed by atoms with Gasteiger partial charge in [0.1, 0.15) is 0 Å².